The molecule has 5 heteroatoms. The van der Waals surface area contributed by atoms with Crippen LogP contribution in [0.2, 0.25) is 0 Å². The second-order valence-electron chi connectivity index (χ2n) is 7.64. The number of rotatable bonds is 9. The minimum absolute atomic E-state index is 0.0235. The Morgan fingerprint density at radius 3 is 2.28 bits per heavy atom. The molecule has 2 rings (SSSR count). The summed E-state index contributed by atoms with van der Waals surface area (Å²) in [6, 6.07) is 15.7. The molecule has 0 heterocycles. The highest BCUT2D eigenvalue weighted by Crippen LogP contribution is 2.21. The number of amides is 2. The summed E-state index contributed by atoms with van der Waals surface area (Å²) in [7, 11) is 0. The lowest BCUT2D eigenvalue weighted by atomic mass is 10.1. The maximum Gasteiger partial charge on any atom is 0.243 e. The molecule has 4 nitrogen and oxygen atoms in total. The largest absolute Gasteiger partial charge is 0.352 e. The van der Waals surface area contributed by atoms with Gasteiger partial charge in [-0.1, -0.05) is 48.9 Å². The third kappa shape index (κ3) is 6.93. The van der Waals surface area contributed by atoms with Crippen molar-refractivity contribution in [2.45, 2.75) is 64.6 Å². The number of thioether (sulfide) groups is 1. The first-order chi connectivity index (χ1) is 13.8. The highest BCUT2D eigenvalue weighted by atomic mass is 32.2. The van der Waals surface area contributed by atoms with E-state index in [4.69, 9.17) is 0 Å². The van der Waals surface area contributed by atoms with Gasteiger partial charge in [-0.3, -0.25) is 9.59 Å². The van der Waals surface area contributed by atoms with E-state index in [9.17, 15) is 9.59 Å². The Balaban J connectivity index is 2.21. The molecule has 1 N–H and O–H groups in total. The molecule has 1 atom stereocenters. The van der Waals surface area contributed by atoms with Crippen molar-refractivity contribution < 1.29 is 9.59 Å². The molecule has 0 spiro atoms. The molecule has 0 aromatic heterocycles. The molecule has 0 fully saturated rings. The molecule has 2 aromatic carbocycles. The number of nitrogens with one attached hydrogen (secondary N) is 1. The summed E-state index contributed by atoms with van der Waals surface area (Å²) in [5.74, 6) is 0.190. The number of hydrogen-bond donors (Lipinski definition) is 1. The van der Waals surface area contributed by atoms with E-state index in [-0.39, 0.29) is 17.9 Å². The third-order valence-corrected chi connectivity index (χ3v) is 5.80. The van der Waals surface area contributed by atoms with Gasteiger partial charge in [0.1, 0.15) is 6.04 Å². The number of nitrogens with zero attached hydrogens (tertiary/aromatic N) is 1. The van der Waals surface area contributed by atoms with Crippen LogP contribution in [-0.2, 0) is 16.1 Å². The van der Waals surface area contributed by atoms with Crippen LogP contribution in [0.5, 0.6) is 0 Å². The van der Waals surface area contributed by atoms with Crippen molar-refractivity contribution in [3.8, 4) is 0 Å². The Morgan fingerprint density at radius 1 is 1.03 bits per heavy atom. The number of benzene rings is 2. The Labute approximate surface area is 179 Å². The summed E-state index contributed by atoms with van der Waals surface area (Å²) in [6.45, 7) is 10.3. The predicted molar refractivity (Wildman–Crippen MR) is 121 cm³/mol. The normalized spacial score (nSPS) is 11.9. The third-order valence-electron chi connectivity index (χ3n) is 4.80. The minimum Gasteiger partial charge on any atom is -0.352 e. The Morgan fingerprint density at radius 2 is 1.69 bits per heavy atom. The molecule has 29 heavy (non-hydrogen) atoms. The van der Waals surface area contributed by atoms with Gasteiger partial charge in [-0.05, 0) is 57.4 Å². The van der Waals surface area contributed by atoms with Crippen LogP contribution in [0.4, 0.5) is 0 Å². The van der Waals surface area contributed by atoms with Gasteiger partial charge in [0.05, 0.1) is 5.75 Å². The van der Waals surface area contributed by atoms with Crippen molar-refractivity contribution >= 4 is 23.6 Å². The fraction of sp³-hybridized carbons (Fsp3) is 0.417. The summed E-state index contributed by atoms with van der Waals surface area (Å²) < 4.78 is 0. The van der Waals surface area contributed by atoms with Gasteiger partial charge in [0.2, 0.25) is 11.8 Å². The fourth-order valence-corrected chi connectivity index (χ4v) is 3.92. The van der Waals surface area contributed by atoms with Crippen molar-refractivity contribution in [3.05, 3.63) is 65.2 Å². The zero-order valence-corrected chi connectivity index (χ0v) is 18.9. The molecule has 156 valence electrons. The molecule has 0 bridgehead atoms. The quantitative estimate of drug-likeness (QED) is 0.606. The zero-order chi connectivity index (χ0) is 21.4. The number of carbonyl (C=O) groups is 2. The van der Waals surface area contributed by atoms with Crippen LogP contribution in [0.15, 0.2) is 53.4 Å². The van der Waals surface area contributed by atoms with Crippen molar-refractivity contribution in [2.24, 2.45) is 0 Å². The lowest BCUT2D eigenvalue weighted by Gasteiger charge is -2.31. The van der Waals surface area contributed by atoms with Crippen LogP contribution in [0, 0.1) is 13.8 Å². The van der Waals surface area contributed by atoms with Crippen molar-refractivity contribution in [1.29, 1.82) is 0 Å². The van der Waals surface area contributed by atoms with E-state index in [1.165, 1.54) is 17.3 Å². The van der Waals surface area contributed by atoms with Gasteiger partial charge in [-0.25, -0.2) is 0 Å². The fourth-order valence-electron chi connectivity index (χ4n) is 3.13. The van der Waals surface area contributed by atoms with Crippen LogP contribution in [0.25, 0.3) is 0 Å². The highest BCUT2D eigenvalue weighted by Gasteiger charge is 2.29. The monoisotopic (exact) mass is 412 g/mol. The van der Waals surface area contributed by atoms with E-state index >= 15 is 0 Å². The second-order valence-corrected chi connectivity index (χ2v) is 8.69. The molecule has 0 radical (unpaired) electrons. The zero-order valence-electron chi connectivity index (χ0n) is 18.1. The molecule has 2 aromatic rings. The van der Waals surface area contributed by atoms with Gasteiger partial charge in [0.15, 0.2) is 0 Å². The summed E-state index contributed by atoms with van der Waals surface area (Å²) in [5.41, 5.74) is 3.38. The average molecular weight is 413 g/mol. The maximum absolute atomic E-state index is 13.2. The van der Waals surface area contributed by atoms with Gasteiger partial charge in [0, 0.05) is 17.5 Å². The van der Waals surface area contributed by atoms with E-state index in [2.05, 4.69) is 5.32 Å². The first-order valence-electron chi connectivity index (χ1n) is 10.2. The summed E-state index contributed by atoms with van der Waals surface area (Å²) in [5, 5.41) is 2.97. The summed E-state index contributed by atoms with van der Waals surface area (Å²) in [4.78, 5) is 28.8. The SMILES string of the molecule is CCC(C(=O)NC(C)C)N(Cc1ccccc1C)C(=O)CSc1ccc(C)cc1. The average Bonchev–Trinajstić information content (AvgIpc) is 2.68. The Bertz CT molecular complexity index is 818. The van der Waals surface area contributed by atoms with Crippen LogP contribution >= 0.6 is 11.8 Å². The smallest absolute Gasteiger partial charge is 0.243 e. The van der Waals surface area contributed by atoms with Crippen molar-refractivity contribution in [2.75, 3.05) is 5.75 Å². The van der Waals surface area contributed by atoms with Crippen LogP contribution < -0.4 is 5.32 Å². The molecule has 0 aliphatic carbocycles. The number of aryl methyl sites for hydroxylation is 2. The van der Waals surface area contributed by atoms with Crippen LogP contribution in [0.1, 0.15) is 43.9 Å². The summed E-state index contributed by atoms with van der Waals surface area (Å²) in [6.07, 6.45) is 0.575. The van der Waals surface area contributed by atoms with E-state index in [1.807, 2.05) is 83.1 Å². The standard InChI is InChI=1S/C24H32N2O2S/c1-6-22(24(28)25-17(2)3)26(15-20-10-8-7-9-19(20)5)23(27)16-29-21-13-11-18(4)12-14-21/h7-14,17,22H,6,15-16H2,1-5H3,(H,25,28). The van der Waals surface area contributed by atoms with Crippen LogP contribution in [0.3, 0.4) is 0 Å². The minimum atomic E-state index is -0.483. The first-order valence-corrected chi connectivity index (χ1v) is 11.1. The lowest BCUT2D eigenvalue weighted by molar-refractivity contribution is -0.139. The van der Waals surface area contributed by atoms with Gasteiger partial charge in [-0.15, -0.1) is 11.8 Å². The van der Waals surface area contributed by atoms with Gasteiger partial charge in [0.25, 0.3) is 0 Å². The van der Waals surface area contributed by atoms with Gasteiger partial charge in [-0.2, -0.15) is 0 Å². The molecule has 0 aliphatic heterocycles. The lowest BCUT2D eigenvalue weighted by Crippen LogP contribution is -2.51. The topological polar surface area (TPSA) is 49.4 Å². The van der Waals surface area contributed by atoms with E-state index < -0.39 is 6.04 Å². The molecular formula is C24H32N2O2S. The molecule has 0 aliphatic rings. The molecule has 0 saturated heterocycles. The van der Waals surface area contributed by atoms with E-state index in [1.54, 1.807) is 4.90 Å². The van der Waals surface area contributed by atoms with Crippen molar-refractivity contribution in [1.82, 2.24) is 10.2 Å². The highest BCUT2D eigenvalue weighted by molar-refractivity contribution is 8.00. The Kier molecular flexibility index (Phi) is 8.77. The van der Waals surface area contributed by atoms with E-state index in [0.29, 0.717) is 18.7 Å². The molecule has 1 unspecified atom stereocenters. The van der Waals surface area contributed by atoms with Crippen LogP contribution in [-0.4, -0.2) is 34.6 Å². The van der Waals surface area contributed by atoms with E-state index in [0.717, 1.165) is 16.0 Å². The molecular weight excluding hydrogens is 380 g/mol. The summed E-state index contributed by atoms with van der Waals surface area (Å²) >= 11 is 1.51. The Hall–Kier alpha value is -2.27. The van der Waals surface area contributed by atoms with Gasteiger partial charge >= 0.3 is 0 Å². The maximum atomic E-state index is 13.2. The number of hydrogen-bond acceptors (Lipinski definition) is 3. The first kappa shape index (κ1) is 23.0. The molecule has 0 saturated carbocycles. The second kappa shape index (κ2) is 11.1. The van der Waals surface area contributed by atoms with Crippen molar-refractivity contribution in [3.63, 3.8) is 0 Å². The predicted octanol–water partition coefficient (Wildman–Crippen LogP) is 4.73. The van der Waals surface area contributed by atoms with Gasteiger partial charge < -0.3 is 10.2 Å². The molecule has 2 amide bonds. The number of carbonyl (C=O) groups excluding carboxylic acids is 2.